The van der Waals surface area contributed by atoms with Crippen LogP contribution in [0.1, 0.15) is 51.6 Å². The molecule has 1 aromatic carbocycles. The Labute approximate surface area is 197 Å². The monoisotopic (exact) mass is 485 g/mol. The Balaban J connectivity index is 1.25. The molecule has 174 valence electrons. The zero-order valence-corrected chi connectivity index (χ0v) is 20.5. The number of carbonyl (C=O) groups is 1. The molecule has 1 fully saturated rings. The van der Waals surface area contributed by atoms with Crippen molar-refractivity contribution in [3.8, 4) is 5.69 Å². The molecule has 0 radical (unpaired) electrons. The predicted octanol–water partition coefficient (Wildman–Crippen LogP) is 3.92. The minimum absolute atomic E-state index is 0.0159. The molecule has 5 rings (SSSR count). The summed E-state index contributed by atoms with van der Waals surface area (Å²) in [6.07, 6.45) is 4.57. The van der Waals surface area contributed by atoms with Crippen LogP contribution in [-0.4, -0.2) is 46.2 Å². The summed E-state index contributed by atoms with van der Waals surface area (Å²) in [5.41, 5.74) is 6.62. The van der Waals surface area contributed by atoms with E-state index < -0.39 is 9.84 Å². The first-order valence-corrected chi connectivity index (χ1v) is 14.1. The molecule has 0 bridgehead atoms. The van der Waals surface area contributed by atoms with Crippen molar-refractivity contribution in [2.24, 2.45) is 5.92 Å². The minimum atomic E-state index is -2.93. The van der Waals surface area contributed by atoms with Gasteiger partial charge in [0.2, 0.25) is 5.89 Å². The van der Waals surface area contributed by atoms with Gasteiger partial charge in [-0.3, -0.25) is 4.79 Å². The highest BCUT2D eigenvalue weighted by atomic mass is 32.2. The molecule has 1 aliphatic carbocycles. The Hall–Kier alpha value is -2.39. The predicted molar refractivity (Wildman–Crippen MR) is 127 cm³/mol. The molecular formula is C24H27N3O4S2. The number of Topliss-reactive ketones (excluding diaryl/α,β-unsaturated/α-hetero) is 1. The first-order valence-electron chi connectivity index (χ1n) is 11.3. The number of aromatic nitrogens is 3. The standard InChI is InChI=1S/C24H27N3O4S2/c1-15-10-21(16(2)27(15)20-7-6-18-4-3-5-19(18)12-20)22(28)13-32-24-26-25-23(31-24)11-17-8-9-33(29,30)14-17/h6-7,10,12,17H,3-5,8-9,11,13-14H2,1-2H3/t17-/m1/s1. The van der Waals surface area contributed by atoms with Crippen LogP contribution in [-0.2, 0) is 29.1 Å². The van der Waals surface area contributed by atoms with Crippen molar-refractivity contribution in [3.05, 3.63) is 58.2 Å². The SMILES string of the molecule is Cc1cc(C(=O)CSc2nnc(C[C@H]3CCS(=O)(=O)C3)o2)c(C)n1-c1ccc2c(c1)CCC2. The second-order valence-electron chi connectivity index (χ2n) is 9.07. The van der Waals surface area contributed by atoms with Crippen LogP contribution in [0.5, 0.6) is 0 Å². The molecule has 33 heavy (non-hydrogen) atoms. The number of hydrogen-bond acceptors (Lipinski definition) is 7. The number of aryl methyl sites for hydroxylation is 3. The van der Waals surface area contributed by atoms with Gasteiger partial charge >= 0.3 is 0 Å². The van der Waals surface area contributed by atoms with Crippen LogP contribution < -0.4 is 0 Å². The first kappa shape index (κ1) is 22.4. The summed E-state index contributed by atoms with van der Waals surface area (Å²) >= 11 is 1.22. The van der Waals surface area contributed by atoms with Gasteiger partial charge in [-0.25, -0.2) is 8.42 Å². The fraction of sp³-hybridized carbons (Fsp3) is 0.458. The normalized spacial score (nSPS) is 19.2. The van der Waals surface area contributed by atoms with E-state index in [4.69, 9.17) is 4.42 Å². The van der Waals surface area contributed by atoms with Crippen molar-refractivity contribution in [1.29, 1.82) is 0 Å². The molecule has 0 N–H and O–H groups in total. The Kier molecular flexibility index (Phi) is 5.95. The zero-order valence-electron chi connectivity index (χ0n) is 18.8. The van der Waals surface area contributed by atoms with Crippen LogP contribution in [0.4, 0.5) is 0 Å². The van der Waals surface area contributed by atoms with Gasteiger partial charge in [0.1, 0.15) is 0 Å². The van der Waals surface area contributed by atoms with Crippen LogP contribution in [0.15, 0.2) is 33.9 Å². The molecule has 1 saturated heterocycles. The number of fused-ring (bicyclic) bond motifs is 1. The maximum Gasteiger partial charge on any atom is 0.277 e. The molecule has 0 spiro atoms. The molecule has 3 heterocycles. The molecule has 3 aromatic rings. The van der Waals surface area contributed by atoms with E-state index in [1.165, 1.54) is 29.3 Å². The number of hydrogen-bond donors (Lipinski definition) is 0. The van der Waals surface area contributed by atoms with Crippen LogP contribution in [0.25, 0.3) is 5.69 Å². The van der Waals surface area contributed by atoms with Crippen LogP contribution in [0.2, 0.25) is 0 Å². The van der Waals surface area contributed by atoms with E-state index in [0.717, 1.165) is 29.9 Å². The highest BCUT2D eigenvalue weighted by molar-refractivity contribution is 7.99. The van der Waals surface area contributed by atoms with E-state index >= 15 is 0 Å². The fourth-order valence-corrected chi connectivity index (χ4v) is 7.53. The molecule has 0 saturated carbocycles. The van der Waals surface area contributed by atoms with Crippen LogP contribution in [0.3, 0.4) is 0 Å². The summed E-state index contributed by atoms with van der Waals surface area (Å²) in [5.74, 6) is 1.08. The lowest BCUT2D eigenvalue weighted by atomic mass is 10.1. The summed E-state index contributed by atoms with van der Waals surface area (Å²) in [7, 11) is -2.93. The van der Waals surface area contributed by atoms with E-state index in [9.17, 15) is 13.2 Å². The lowest BCUT2D eigenvalue weighted by Gasteiger charge is -2.12. The van der Waals surface area contributed by atoms with E-state index in [2.05, 4.69) is 33.0 Å². The lowest BCUT2D eigenvalue weighted by molar-refractivity contribution is 0.102. The Morgan fingerprint density at radius 1 is 1.18 bits per heavy atom. The maximum absolute atomic E-state index is 13.0. The summed E-state index contributed by atoms with van der Waals surface area (Å²) in [6.45, 7) is 4.01. The molecular weight excluding hydrogens is 458 g/mol. The quantitative estimate of drug-likeness (QED) is 0.370. The van der Waals surface area contributed by atoms with Gasteiger partial charge < -0.3 is 8.98 Å². The molecule has 1 aliphatic heterocycles. The summed E-state index contributed by atoms with van der Waals surface area (Å²) < 4.78 is 31.1. The van der Waals surface area contributed by atoms with Gasteiger partial charge in [-0.15, -0.1) is 10.2 Å². The first-order chi connectivity index (χ1) is 15.8. The highest BCUT2D eigenvalue weighted by Gasteiger charge is 2.29. The maximum atomic E-state index is 13.0. The number of benzene rings is 1. The number of sulfone groups is 1. The highest BCUT2D eigenvalue weighted by Crippen LogP contribution is 2.29. The third kappa shape index (κ3) is 4.66. The average Bonchev–Trinajstić information content (AvgIpc) is 3.54. The minimum Gasteiger partial charge on any atom is -0.416 e. The lowest BCUT2D eigenvalue weighted by Crippen LogP contribution is -2.07. The van der Waals surface area contributed by atoms with E-state index in [1.807, 2.05) is 19.9 Å². The Bertz CT molecular complexity index is 1320. The second-order valence-corrected chi connectivity index (χ2v) is 12.2. The van der Waals surface area contributed by atoms with E-state index in [-0.39, 0.29) is 29.0 Å². The molecule has 0 amide bonds. The largest absolute Gasteiger partial charge is 0.416 e. The third-order valence-electron chi connectivity index (χ3n) is 6.64. The van der Waals surface area contributed by atoms with Gasteiger partial charge in [-0.05, 0) is 74.8 Å². The number of nitrogens with zero attached hydrogens (tertiary/aromatic N) is 3. The summed E-state index contributed by atoms with van der Waals surface area (Å²) in [5, 5.41) is 8.40. The van der Waals surface area contributed by atoms with Crippen molar-refractivity contribution in [2.45, 2.75) is 51.2 Å². The zero-order chi connectivity index (χ0) is 23.2. The van der Waals surface area contributed by atoms with Crippen molar-refractivity contribution in [1.82, 2.24) is 14.8 Å². The summed E-state index contributed by atoms with van der Waals surface area (Å²) in [6, 6.07) is 8.55. The van der Waals surface area contributed by atoms with Crippen molar-refractivity contribution < 1.29 is 17.6 Å². The molecule has 2 aliphatic rings. The number of thioether (sulfide) groups is 1. The molecule has 7 nitrogen and oxygen atoms in total. The van der Waals surface area contributed by atoms with E-state index in [0.29, 0.717) is 29.5 Å². The van der Waals surface area contributed by atoms with Crippen molar-refractivity contribution in [2.75, 3.05) is 17.3 Å². The van der Waals surface area contributed by atoms with Gasteiger partial charge in [0, 0.05) is 29.1 Å². The number of rotatable bonds is 7. The fourth-order valence-electron chi connectivity index (χ4n) is 5.00. The Morgan fingerprint density at radius 3 is 2.79 bits per heavy atom. The van der Waals surface area contributed by atoms with Gasteiger partial charge in [0.25, 0.3) is 5.22 Å². The van der Waals surface area contributed by atoms with Gasteiger partial charge in [0.05, 0.1) is 17.3 Å². The van der Waals surface area contributed by atoms with Gasteiger partial charge in [0.15, 0.2) is 15.6 Å². The topological polar surface area (TPSA) is 95.1 Å². The Morgan fingerprint density at radius 2 is 2.00 bits per heavy atom. The van der Waals surface area contributed by atoms with Gasteiger partial charge in [-0.1, -0.05) is 17.8 Å². The van der Waals surface area contributed by atoms with Gasteiger partial charge in [-0.2, -0.15) is 0 Å². The van der Waals surface area contributed by atoms with Crippen LogP contribution >= 0.6 is 11.8 Å². The molecule has 1 atom stereocenters. The molecule has 9 heteroatoms. The number of carbonyl (C=O) groups excluding carboxylic acids is 1. The third-order valence-corrected chi connectivity index (χ3v) is 9.29. The molecule has 0 unspecified atom stereocenters. The van der Waals surface area contributed by atoms with Crippen molar-refractivity contribution >= 4 is 27.4 Å². The number of ketones is 1. The van der Waals surface area contributed by atoms with Crippen molar-refractivity contribution in [3.63, 3.8) is 0 Å². The smallest absolute Gasteiger partial charge is 0.277 e. The van der Waals surface area contributed by atoms with Crippen LogP contribution in [0, 0.1) is 19.8 Å². The summed E-state index contributed by atoms with van der Waals surface area (Å²) in [4.78, 5) is 13.0. The van der Waals surface area contributed by atoms with E-state index in [1.54, 1.807) is 0 Å². The average molecular weight is 486 g/mol. The molecule has 2 aromatic heterocycles. The second kappa shape index (κ2) is 8.76.